The zero-order valence-electron chi connectivity index (χ0n) is 23.3. The number of hydroxylamine groups is 1. The van der Waals surface area contributed by atoms with E-state index < -0.39 is 21.2 Å². The monoisotopic (exact) mass is 588 g/mol. The number of aryl methyl sites for hydroxylation is 2. The van der Waals surface area contributed by atoms with Crippen LogP contribution in [0.25, 0.3) is 16.7 Å². The Balaban J connectivity index is 1.30. The van der Waals surface area contributed by atoms with Crippen molar-refractivity contribution in [2.75, 3.05) is 43.6 Å². The third-order valence-electron chi connectivity index (χ3n) is 7.88. The van der Waals surface area contributed by atoms with E-state index in [0.29, 0.717) is 24.7 Å². The Labute approximate surface area is 243 Å². The van der Waals surface area contributed by atoms with E-state index in [9.17, 15) is 18.0 Å². The van der Waals surface area contributed by atoms with Crippen molar-refractivity contribution in [2.24, 2.45) is 0 Å². The number of hydrogen-bond donors (Lipinski definition) is 2. The molecule has 2 aromatic heterocycles. The largest absolute Gasteiger partial charge is 0.324 e. The summed E-state index contributed by atoms with van der Waals surface area (Å²) in [7, 11) is -1.59. The zero-order valence-corrected chi connectivity index (χ0v) is 24.1. The van der Waals surface area contributed by atoms with Gasteiger partial charge in [-0.1, -0.05) is 18.2 Å². The third kappa shape index (κ3) is 5.91. The summed E-state index contributed by atoms with van der Waals surface area (Å²) in [6.07, 6.45) is 6.83. The van der Waals surface area contributed by atoms with Crippen molar-refractivity contribution in [3.05, 3.63) is 87.3 Å². The minimum atomic E-state index is -2.90. The fraction of sp³-hybridized carbons (Fsp3) is 0.333. The van der Waals surface area contributed by atoms with Crippen LogP contribution in [-0.4, -0.2) is 72.0 Å². The van der Waals surface area contributed by atoms with E-state index in [4.69, 9.17) is 9.82 Å². The minimum absolute atomic E-state index is 0.0758. The molecule has 0 unspecified atom stereocenters. The predicted molar refractivity (Wildman–Crippen MR) is 160 cm³/mol. The van der Waals surface area contributed by atoms with Gasteiger partial charge in [0.25, 0.3) is 5.91 Å². The number of aromatic nitrogens is 3. The maximum atomic E-state index is 13.3. The number of sulfone groups is 1. The molecule has 1 fully saturated rings. The van der Waals surface area contributed by atoms with Crippen LogP contribution in [0.1, 0.15) is 33.5 Å². The number of benzene rings is 2. The van der Waals surface area contributed by atoms with E-state index in [2.05, 4.69) is 32.8 Å². The molecule has 0 atom stereocenters. The lowest BCUT2D eigenvalue weighted by Gasteiger charge is -2.26. The number of nitrogens with zero attached hydrogens (tertiary/aromatic N) is 4. The van der Waals surface area contributed by atoms with Crippen LogP contribution in [-0.2, 0) is 33.9 Å². The van der Waals surface area contributed by atoms with Crippen molar-refractivity contribution in [3.8, 4) is 5.69 Å². The molecular weight excluding hydrogens is 556 g/mol. The summed E-state index contributed by atoms with van der Waals surface area (Å²) in [6, 6.07) is 14.1. The van der Waals surface area contributed by atoms with Crippen molar-refractivity contribution in [1.29, 1.82) is 0 Å². The highest BCUT2D eigenvalue weighted by Gasteiger charge is 2.22. The molecule has 0 bridgehead atoms. The molecule has 0 saturated carbocycles. The van der Waals surface area contributed by atoms with Crippen LogP contribution in [0.5, 0.6) is 0 Å². The number of pyridine rings is 1. The van der Waals surface area contributed by atoms with Crippen LogP contribution in [0, 0.1) is 0 Å². The molecule has 4 aromatic rings. The van der Waals surface area contributed by atoms with Gasteiger partial charge in [-0.3, -0.25) is 14.4 Å². The average molecular weight is 589 g/mol. The summed E-state index contributed by atoms with van der Waals surface area (Å²) < 4.78 is 25.2. The highest BCUT2D eigenvalue weighted by atomic mass is 32.2. The van der Waals surface area contributed by atoms with E-state index in [1.807, 2.05) is 30.3 Å². The molecule has 1 aliphatic heterocycles. The Kier molecular flexibility index (Phi) is 7.76. The molecule has 11 nitrogen and oxygen atoms in total. The van der Waals surface area contributed by atoms with Gasteiger partial charge < -0.3 is 14.8 Å². The summed E-state index contributed by atoms with van der Waals surface area (Å²) in [6.45, 7) is 1.90. The number of hydrogen-bond acceptors (Lipinski definition) is 9. The number of rotatable bonds is 8. The Bertz CT molecular complexity index is 1820. The third-order valence-corrected chi connectivity index (χ3v) is 9.49. The van der Waals surface area contributed by atoms with E-state index in [0.717, 1.165) is 49.2 Å². The van der Waals surface area contributed by atoms with E-state index >= 15 is 0 Å². The first kappa shape index (κ1) is 28.0. The molecule has 6 rings (SSSR count). The van der Waals surface area contributed by atoms with E-state index in [-0.39, 0.29) is 22.5 Å². The van der Waals surface area contributed by atoms with Crippen LogP contribution in [0.15, 0.2) is 59.7 Å². The number of nitrogens with one attached hydrogen (secondary N) is 2. The van der Waals surface area contributed by atoms with Gasteiger partial charge in [0, 0.05) is 43.4 Å². The molecule has 1 aliphatic carbocycles. The van der Waals surface area contributed by atoms with Crippen LogP contribution in [0.4, 0.5) is 11.6 Å². The van der Waals surface area contributed by atoms with Gasteiger partial charge in [0.15, 0.2) is 15.5 Å². The van der Waals surface area contributed by atoms with Crippen molar-refractivity contribution in [3.63, 3.8) is 0 Å². The number of anilines is 2. The van der Waals surface area contributed by atoms with E-state index in [1.165, 1.54) is 30.6 Å². The average Bonchev–Trinajstić information content (AvgIpc) is 3.45. The molecule has 1 amide bonds. The Morgan fingerprint density at radius 1 is 1.07 bits per heavy atom. The number of amides is 1. The fourth-order valence-electron chi connectivity index (χ4n) is 5.58. The van der Waals surface area contributed by atoms with Gasteiger partial charge in [-0.2, -0.15) is 4.98 Å². The highest BCUT2D eigenvalue weighted by molar-refractivity contribution is 7.91. The molecule has 2 aromatic carbocycles. The molecule has 3 heterocycles. The normalized spacial score (nSPS) is 16.3. The van der Waals surface area contributed by atoms with Crippen molar-refractivity contribution in [1.82, 2.24) is 24.9 Å². The van der Waals surface area contributed by atoms with E-state index in [1.54, 1.807) is 4.57 Å². The van der Waals surface area contributed by atoms with Gasteiger partial charge in [-0.05, 0) is 66.6 Å². The number of carbonyl (C=O) groups excluding carboxylic acids is 1. The first-order valence-corrected chi connectivity index (χ1v) is 15.8. The quantitative estimate of drug-likeness (QED) is 0.298. The molecule has 0 spiro atoms. The van der Waals surface area contributed by atoms with Gasteiger partial charge in [-0.25, -0.2) is 18.9 Å². The first-order chi connectivity index (χ1) is 20.3. The van der Waals surface area contributed by atoms with Crippen molar-refractivity contribution < 1.29 is 18.0 Å². The van der Waals surface area contributed by atoms with Gasteiger partial charge >= 0.3 is 0 Å². The summed E-state index contributed by atoms with van der Waals surface area (Å²) >= 11 is 0. The molecule has 218 valence electrons. The molecule has 42 heavy (non-hydrogen) atoms. The second-order valence-corrected chi connectivity index (χ2v) is 13.0. The topological polar surface area (TPSA) is 136 Å². The Hall–Kier alpha value is -4.13. The summed E-state index contributed by atoms with van der Waals surface area (Å²) in [5.74, 6) is 0.0835. The van der Waals surface area contributed by atoms with Gasteiger partial charge in [0.1, 0.15) is 5.56 Å². The van der Waals surface area contributed by atoms with Gasteiger partial charge in [0.05, 0.1) is 24.0 Å². The molecular formula is C30H32N6O5S. The van der Waals surface area contributed by atoms with Crippen LogP contribution < -0.4 is 16.2 Å². The lowest BCUT2D eigenvalue weighted by molar-refractivity contribution is 0.0536. The first-order valence-electron chi connectivity index (χ1n) is 14.0. The van der Waals surface area contributed by atoms with Crippen molar-refractivity contribution >= 4 is 38.4 Å². The molecule has 1 saturated heterocycles. The number of carbonyl (C=O) groups is 1. The lowest BCUT2D eigenvalue weighted by atomic mass is 10.1. The van der Waals surface area contributed by atoms with Crippen LogP contribution in [0.2, 0.25) is 0 Å². The maximum absolute atomic E-state index is 13.3. The minimum Gasteiger partial charge on any atom is -0.324 e. The Morgan fingerprint density at radius 2 is 1.88 bits per heavy atom. The van der Waals surface area contributed by atoms with Gasteiger partial charge in [-0.15, -0.1) is 0 Å². The second kappa shape index (κ2) is 11.6. The summed E-state index contributed by atoms with van der Waals surface area (Å²) in [5.41, 5.74) is 7.28. The standard InChI is InChI=1S/C30H32N6O5S/c1-41-34-29(38)26-19-36(24-9-8-21-5-3-6-22(21)17-24)28-25(27(26)37)18-31-30(33-28)32-23-7-2-4-20(16-23)10-11-35-12-14-42(39,40)15-13-35/h2,4,7-9,16-19H,3,5-6,10-15H2,1H3,(H,34,38)(H,31,32,33). The number of fused-ring (bicyclic) bond motifs is 2. The van der Waals surface area contributed by atoms with Gasteiger partial charge in [0.2, 0.25) is 11.4 Å². The van der Waals surface area contributed by atoms with Crippen LogP contribution in [0.3, 0.4) is 0 Å². The molecule has 2 N–H and O–H groups in total. The lowest BCUT2D eigenvalue weighted by Crippen LogP contribution is -2.41. The second-order valence-electron chi connectivity index (χ2n) is 10.7. The summed E-state index contributed by atoms with van der Waals surface area (Å²) in [4.78, 5) is 42.0. The Morgan fingerprint density at radius 3 is 2.69 bits per heavy atom. The SMILES string of the molecule is CONC(=O)c1cn(-c2ccc3c(c2)CCC3)c2nc(Nc3cccc(CCN4CCS(=O)(=O)CC4)c3)ncc2c1=O. The molecule has 2 aliphatic rings. The molecule has 12 heteroatoms. The van der Waals surface area contributed by atoms with Crippen molar-refractivity contribution in [2.45, 2.75) is 25.7 Å². The highest BCUT2D eigenvalue weighted by Crippen LogP contribution is 2.26. The predicted octanol–water partition coefficient (Wildman–Crippen LogP) is 2.58. The maximum Gasteiger partial charge on any atom is 0.280 e. The smallest absolute Gasteiger partial charge is 0.280 e. The zero-order chi connectivity index (χ0) is 29.3. The summed E-state index contributed by atoms with van der Waals surface area (Å²) in [5, 5.41) is 3.46. The van der Waals surface area contributed by atoms with Crippen LogP contribution >= 0.6 is 0 Å². The fourth-order valence-corrected chi connectivity index (χ4v) is 6.86. The molecule has 0 radical (unpaired) electrons.